The summed E-state index contributed by atoms with van der Waals surface area (Å²) in [5, 5.41) is 2.70. The van der Waals surface area contributed by atoms with Crippen LogP contribution in [0.1, 0.15) is 17.1 Å². The van der Waals surface area contributed by atoms with Crippen LogP contribution in [-0.4, -0.2) is 15.5 Å². The molecule has 6 heteroatoms. The highest BCUT2D eigenvalue weighted by Crippen LogP contribution is 2.16. The van der Waals surface area contributed by atoms with Gasteiger partial charge in [0, 0.05) is 25.0 Å². The third kappa shape index (κ3) is 3.60. The first-order valence-electron chi connectivity index (χ1n) is 7.41. The number of benzene rings is 1. The number of rotatable bonds is 5. The van der Waals surface area contributed by atoms with Gasteiger partial charge in [0.2, 0.25) is 5.91 Å². The molecule has 1 aromatic carbocycles. The molecule has 24 heavy (non-hydrogen) atoms. The van der Waals surface area contributed by atoms with Crippen molar-refractivity contribution in [2.75, 3.05) is 0 Å². The van der Waals surface area contributed by atoms with Crippen molar-refractivity contribution in [2.45, 2.75) is 13.5 Å². The van der Waals surface area contributed by atoms with Gasteiger partial charge in [-0.05, 0) is 42.8 Å². The second-order valence-corrected chi connectivity index (χ2v) is 5.20. The number of aryl methyl sites for hydroxylation is 1. The van der Waals surface area contributed by atoms with Crippen LogP contribution in [-0.2, 0) is 11.3 Å². The van der Waals surface area contributed by atoms with Gasteiger partial charge < -0.3 is 14.3 Å². The maximum Gasteiger partial charge on any atom is 0.244 e. The molecular formula is C18H16FN3O2. The van der Waals surface area contributed by atoms with Gasteiger partial charge in [0.25, 0.3) is 0 Å². The van der Waals surface area contributed by atoms with Gasteiger partial charge in [-0.3, -0.25) is 4.79 Å². The molecular weight excluding hydrogens is 309 g/mol. The molecule has 0 atom stereocenters. The molecule has 3 aromatic rings. The molecule has 0 aliphatic rings. The lowest BCUT2D eigenvalue weighted by Gasteiger charge is -2.09. The molecule has 1 N–H and O–H groups in total. The normalized spacial score (nSPS) is 11.1. The molecule has 0 aliphatic heterocycles. The van der Waals surface area contributed by atoms with Gasteiger partial charge in [-0.2, -0.15) is 0 Å². The molecule has 122 valence electrons. The van der Waals surface area contributed by atoms with Crippen LogP contribution in [0.25, 0.3) is 11.8 Å². The van der Waals surface area contributed by atoms with E-state index in [1.54, 1.807) is 54.2 Å². The van der Waals surface area contributed by atoms with E-state index in [-0.39, 0.29) is 18.3 Å². The van der Waals surface area contributed by atoms with E-state index in [4.69, 9.17) is 4.42 Å². The first-order chi connectivity index (χ1) is 11.6. The molecule has 0 spiro atoms. The Bertz CT molecular complexity index is 866. The average molecular weight is 325 g/mol. The van der Waals surface area contributed by atoms with E-state index in [2.05, 4.69) is 10.3 Å². The number of nitrogens with one attached hydrogen (secondary N) is 1. The maximum atomic E-state index is 14.3. The Labute approximate surface area is 138 Å². The molecule has 0 saturated heterocycles. The highest BCUT2D eigenvalue weighted by molar-refractivity contribution is 5.91. The Kier molecular flexibility index (Phi) is 4.56. The summed E-state index contributed by atoms with van der Waals surface area (Å²) in [6.45, 7) is 2.04. The molecule has 0 aliphatic carbocycles. The van der Waals surface area contributed by atoms with Gasteiger partial charge >= 0.3 is 0 Å². The van der Waals surface area contributed by atoms with Crippen molar-refractivity contribution in [3.05, 3.63) is 78.0 Å². The van der Waals surface area contributed by atoms with Crippen LogP contribution in [0.4, 0.5) is 4.39 Å². The second kappa shape index (κ2) is 6.95. The summed E-state index contributed by atoms with van der Waals surface area (Å²) in [5.74, 6) is 0.657. The quantitative estimate of drug-likeness (QED) is 0.733. The number of halogens is 1. The smallest absolute Gasteiger partial charge is 0.244 e. The van der Waals surface area contributed by atoms with Crippen LogP contribution in [0.3, 0.4) is 0 Å². The third-order valence-electron chi connectivity index (χ3n) is 3.51. The lowest BCUT2D eigenvalue weighted by atomic mass is 10.2. The Hall–Kier alpha value is -3.15. The topological polar surface area (TPSA) is 60.1 Å². The Morgan fingerprint density at radius 2 is 2.29 bits per heavy atom. The summed E-state index contributed by atoms with van der Waals surface area (Å²) in [7, 11) is 0. The summed E-state index contributed by atoms with van der Waals surface area (Å²) >= 11 is 0. The minimum absolute atomic E-state index is 0.238. The van der Waals surface area contributed by atoms with Crippen LogP contribution in [0, 0.1) is 12.7 Å². The van der Waals surface area contributed by atoms with Gasteiger partial charge in [0.05, 0.1) is 12.0 Å². The van der Waals surface area contributed by atoms with Crippen LogP contribution in [0.15, 0.2) is 59.5 Å². The zero-order valence-corrected chi connectivity index (χ0v) is 13.1. The van der Waals surface area contributed by atoms with Crippen molar-refractivity contribution < 1.29 is 13.6 Å². The van der Waals surface area contributed by atoms with Gasteiger partial charge in [-0.15, -0.1) is 0 Å². The van der Waals surface area contributed by atoms with E-state index >= 15 is 0 Å². The molecule has 0 fully saturated rings. The van der Waals surface area contributed by atoms with E-state index in [0.29, 0.717) is 22.8 Å². The molecule has 0 saturated carbocycles. The van der Waals surface area contributed by atoms with E-state index in [9.17, 15) is 9.18 Å². The summed E-state index contributed by atoms with van der Waals surface area (Å²) in [6.07, 6.45) is 7.80. The Balaban J connectivity index is 1.63. The van der Waals surface area contributed by atoms with Gasteiger partial charge in [0.1, 0.15) is 17.4 Å². The summed E-state index contributed by atoms with van der Waals surface area (Å²) in [5.41, 5.74) is 1.10. The number of hydrogen-bond donors (Lipinski definition) is 1. The van der Waals surface area contributed by atoms with E-state index in [0.717, 1.165) is 0 Å². The molecule has 0 unspecified atom stereocenters. The highest BCUT2D eigenvalue weighted by atomic mass is 19.1. The molecule has 1 amide bonds. The zero-order valence-electron chi connectivity index (χ0n) is 13.1. The van der Waals surface area contributed by atoms with Crippen LogP contribution < -0.4 is 5.32 Å². The van der Waals surface area contributed by atoms with Crippen LogP contribution in [0.5, 0.6) is 0 Å². The molecule has 2 aromatic heterocycles. The number of hydrogen-bond acceptors (Lipinski definition) is 3. The standard InChI is InChI=1S/C18H16FN3O2/c1-13-20-8-9-22(13)17-6-4-14(11-16(17)19)12-21-18(23)7-5-15-3-2-10-24-15/h2-11H,12H2,1H3,(H,21,23)/b7-5+. The van der Waals surface area contributed by atoms with E-state index < -0.39 is 0 Å². The fraction of sp³-hybridized carbons (Fsp3) is 0.111. The molecule has 0 radical (unpaired) electrons. The first-order valence-corrected chi connectivity index (χ1v) is 7.41. The number of aromatic nitrogens is 2. The summed E-state index contributed by atoms with van der Waals surface area (Å²) in [6, 6.07) is 8.34. The highest BCUT2D eigenvalue weighted by Gasteiger charge is 2.08. The summed E-state index contributed by atoms with van der Waals surface area (Å²) < 4.78 is 21.0. The zero-order chi connectivity index (χ0) is 16.9. The van der Waals surface area contributed by atoms with Crippen LogP contribution >= 0.6 is 0 Å². The van der Waals surface area contributed by atoms with Crippen molar-refractivity contribution in [3.63, 3.8) is 0 Å². The average Bonchev–Trinajstić information content (AvgIpc) is 3.23. The Morgan fingerprint density at radius 3 is 2.96 bits per heavy atom. The molecule has 0 bridgehead atoms. The largest absolute Gasteiger partial charge is 0.465 e. The van der Waals surface area contributed by atoms with Gasteiger partial charge in [-0.1, -0.05) is 6.07 Å². The third-order valence-corrected chi connectivity index (χ3v) is 3.51. The minimum atomic E-state index is -0.367. The van der Waals surface area contributed by atoms with Crippen LogP contribution in [0.2, 0.25) is 0 Å². The molecule has 3 rings (SSSR count). The monoisotopic (exact) mass is 325 g/mol. The predicted octanol–water partition coefficient (Wildman–Crippen LogP) is 3.24. The van der Waals surface area contributed by atoms with Crippen molar-refractivity contribution >= 4 is 12.0 Å². The second-order valence-electron chi connectivity index (χ2n) is 5.20. The predicted molar refractivity (Wildman–Crippen MR) is 87.8 cm³/mol. The molecule has 2 heterocycles. The number of amides is 1. The van der Waals surface area contributed by atoms with Gasteiger partial charge in [-0.25, -0.2) is 9.37 Å². The van der Waals surface area contributed by atoms with Gasteiger partial charge in [0.15, 0.2) is 0 Å². The minimum Gasteiger partial charge on any atom is -0.465 e. The first kappa shape index (κ1) is 15.7. The van der Waals surface area contributed by atoms with E-state index in [1.165, 1.54) is 18.4 Å². The fourth-order valence-corrected chi connectivity index (χ4v) is 2.28. The lowest BCUT2D eigenvalue weighted by Crippen LogP contribution is -2.20. The van der Waals surface area contributed by atoms with Crippen molar-refractivity contribution in [3.8, 4) is 5.69 Å². The molecule has 5 nitrogen and oxygen atoms in total. The SMILES string of the molecule is Cc1nccn1-c1ccc(CNC(=O)/C=C/c2ccco2)cc1F. The number of furan rings is 1. The fourth-order valence-electron chi connectivity index (χ4n) is 2.28. The summed E-state index contributed by atoms with van der Waals surface area (Å²) in [4.78, 5) is 15.8. The van der Waals surface area contributed by atoms with E-state index in [1.807, 2.05) is 0 Å². The van der Waals surface area contributed by atoms with Crippen molar-refractivity contribution in [1.82, 2.24) is 14.9 Å². The maximum absolute atomic E-state index is 14.3. The Morgan fingerprint density at radius 1 is 1.42 bits per heavy atom. The van der Waals surface area contributed by atoms with Crippen molar-refractivity contribution in [2.24, 2.45) is 0 Å². The number of imidazole rings is 1. The number of carbonyl (C=O) groups is 1. The lowest BCUT2D eigenvalue weighted by molar-refractivity contribution is -0.116. The number of carbonyl (C=O) groups excluding carboxylic acids is 1. The van der Waals surface area contributed by atoms with Crippen molar-refractivity contribution in [1.29, 1.82) is 0 Å². The number of nitrogens with zero attached hydrogens (tertiary/aromatic N) is 2.